The molecule has 1 fully saturated rings. The Labute approximate surface area is 154 Å². The van der Waals surface area contributed by atoms with Gasteiger partial charge in [-0.05, 0) is 26.0 Å². The van der Waals surface area contributed by atoms with E-state index in [1.807, 2.05) is 18.2 Å². The number of hydrogen-bond donors (Lipinski definition) is 0. The second-order valence-electron chi connectivity index (χ2n) is 6.00. The first-order valence-electron chi connectivity index (χ1n) is 7.93. The van der Waals surface area contributed by atoms with Crippen LogP contribution < -0.4 is 9.47 Å². The molecule has 0 radical (unpaired) electrons. The van der Waals surface area contributed by atoms with Crippen molar-refractivity contribution >= 4 is 31.6 Å². The van der Waals surface area contributed by atoms with E-state index in [1.54, 1.807) is 21.0 Å². The van der Waals surface area contributed by atoms with Gasteiger partial charge in [0.2, 0.25) is 10.0 Å². The summed E-state index contributed by atoms with van der Waals surface area (Å²) in [5, 5.41) is 4.22. The smallest absolute Gasteiger partial charge is 0.274 e. The summed E-state index contributed by atoms with van der Waals surface area (Å²) in [5.74, 6) is 0.981. The highest BCUT2D eigenvalue weighted by atomic mass is 32.2. The molecular weight excluding hydrogens is 378 g/mol. The Balaban J connectivity index is 1.47. The molecule has 0 atom stereocenters. The molecule has 2 aromatic heterocycles. The number of hydrogen-bond acceptors (Lipinski definition) is 8. The van der Waals surface area contributed by atoms with Crippen molar-refractivity contribution in [3.63, 3.8) is 0 Å². The average Bonchev–Trinajstić information content (AvgIpc) is 3.12. The molecule has 0 aliphatic carbocycles. The van der Waals surface area contributed by atoms with E-state index < -0.39 is 10.0 Å². The fourth-order valence-electron chi connectivity index (χ4n) is 2.90. The van der Waals surface area contributed by atoms with Gasteiger partial charge in [0, 0.05) is 0 Å². The third-order valence-corrected chi connectivity index (χ3v) is 7.22. The molecule has 0 amide bonds. The number of nitrogens with zero attached hydrogens (tertiary/aromatic N) is 3. The van der Waals surface area contributed by atoms with Crippen LogP contribution in [0.15, 0.2) is 27.6 Å². The van der Waals surface area contributed by atoms with Gasteiger partial charge in [-0.15, -0.1) is 0 Å². The zero-order valence-corrected chi connectivity index (χ0v) is 16.1. The molecule has 0 N–H and O–H groups in total. The number of benzene rings is 1. The summed E-state index contributed by atoms with van der Waals surface area (Å²) in [7, 11) is -2.03. The second-order valence-corrected chi connectivity index (χ2v) is 8.87. The van der Waals surface area contributed by atoms with Crippen LogP contribution in [0, 0.1) is 13.8 Å². The van der Waals surface area contributed by atoms with Gasteiger partial charge < -0.3 is 14.0 Å². The zero-order chi connectivity index (χ0) is 18.5. The molecule has 0 spiro atoms. The van der Waals surface area contributed by atoms with Gasteiger partial charge in [-0.25, -0.2) is 8.42 Å². The number of para-hydroxylation sites is 1. The molecule has 4 rings (SSSR count). The predicted molar refractivity (Wildman–Crippen MR) is 95.3 cm³/mol. The summed E-state index contributed by atoms with van der Waals surface area (Å²) < 4.78 is 43.8. The maximum atomic E-state index is 12.7. The van der Waals surface area contributed by atoms with Crippen LogP contribution in [0.5, 0.6) is 10.9 Å². The lowest BCUT2D eigenvalue weighted by Crippen LogP contribution is -2.56. The van der Waals surface area contributed by atoms with Crippen molar-refractivity contribution in [3.8, 4) is 10.9 Å². The van der Waals surface area contributed by atoms with E-state index in [0.29, 0.717) is 22.4 Å². The number of aromatic nitrogens is 2. The van der Waals surface area contributed by atoms with Crippen LogP contribution in [0.2, 0.25) is 0 Å². The van der Waals surface area contributed by atoms with Crippen LogP contribution in [0.3, 0.4) is 0 Å². The molecule has 138 valence electrons. The van der Waals surface area contributed by atoms with Crippen LogP contribution in [0.25, 0.3) is 10.2 Å². The Morgan fingerprint density at radius 2 is 2.08 bits per heavy atom. The SMILES string of the molecule is COc1cccc2sc(OC3CN(S(=O)(=O)c4c(C)noc4C)C3)nc12. The molecule has 1 saturated heterocycles. The highest BCUT2D eigenvalue weighted by Crippen LogP contribution is 2.35. The number of thiazole rings is 1. The van der Waals surface area contributed by atoms with Gasteiger partial charge in [-0.2, -0.15) is 9.29 Å². The maximum absolute atomic E-state index is 12.7. The van der Waals surface area contributed by atoms with Gasteiger partial charge in [0.15, 0.2) is 5.76 Å². The van der Waals surface area contributed by atoms with Crippen LogP contribution in [-0.4, -0.2) is 49.2 Å². The molecule has 8 nitrogen and oxygen atoms in total. The monoisotopic (exact) mass is 395 g/mol. The average molecular weight is 395 g/mol. The first-order chi connectivity index (χ1) is 12.4. The van der Waals surface area contributed by atoms with Gasteiger partial charge in [-0.3, -0.25) is 0 Å². The van der Waals surface area contributed by atoms with Crippen LogP contribution in [-0.2, 0) is 10.0 Å². The fraction of sp³-hybridized carbons (Fsp3) is 0.375. The normalized spacial score (nSPS) is 16.0. The van der Waals surface area contributed by atoms with Crippen LogP contribution >= 0.6 is 11.3 Å². The number of aryl methyl sites for hydroxylation is 2. The molecule has 0 bridgehead atoms. The second kappa shape index (κ2) is 6.22. The third-order valence-electron chi connectivity index (χ3n) is 4.23. The number of sulfonamides is 1. The van der Waals surface area contributed by atoms with Gasteiger partial charge in [0.05, 0.1) is 24.9 Å². The molecule has 26 heavy (non-hydrogen) atoms. The van der Waals surface area contributed by atoms with Gasteiger partial charge in [-0.1, -0.05) is 22.6 Å². The van der Waals surface area contributed by atoms with E-state index in [4.69, 9.17) is 14.0 Å². The minimum absolute atomic E-state index is 0.140. The topological polar surface area (TPSA) is 94.8 Å². The van der Waals surface area contributed by atoms with Crippen molar-refractivity contribution in [2.24, 2.45) is 0 Å². The van der Waals surface area contributed by atoms with E-state index in [0.717, 1.165) is 10.2 Å². The zero-order valence-electron chi connectivity index (χ0n) is 14.4. The quantitative estimate of drug-likeness (QED) is 0.654. The van der Waals surface area contributed by atoms with Gasteiger partial charge in [0.1, 0.15) is 28.0 Å². The lowest BCUT2D eigenvalue weighted by molar-refractivity contribution is 0.0760. The number of ether oxygens (including phenoxy) is 2. The minimum Gasteiger partial charge on any atom is -0.494 e. The Morgan fingerprint density at radius 3 is 2.73 bits per heavy atom. The highest BCUT2D eigenvalue weighted by Gasteiger charge is 2.41. The maximum Gasteiger partial charge on any atom is 0.274 e. The number of fused-ring (bicyclic) bond motifs is 1. The lowest BCUT2D eigenvalue weighted by Gasteiger charge is -2.36. The molecule has 10 heteroatoms. The van der Waals surface area contributed by atoms with E-state index >= 15 is 0 Å². The Kier molecular flexibility index (Phi) is 4.13. The Hall–Kier alpha value is -2.17. The van der Waals surface area contributed by atoms with E-state index in [-0.39, 0.29) is 24.1 Å². The first-order valence-corrected chi connectivity index (χ1v) is 10.2. The Morgan fingerprint density at radius 1 is 1.31 bits per heavy atom. The van der Waals surface area contributed by atoms with Crippen molar-refractivity contribution in [1.82, 2.24) is 14.4 Å². The molecule has 3 heterocycles. The van der Waals surface area contributed by atoms with Crippen molar-refractivity contribution in [1.29, 1.82) is 0 Å². The van der Waals surface area contributed by atoms with Gasteiger partial charge >= 0.3 is 0 Å². The summed E-state index contributed by atoms with van der Waals surface area (Å²) in [4.78, 5) is 4.59. The Bertz CT molecular complexity index is 1050. The van der Waals surface area contributed by atoms with Crippen LogP contribution in [0.1, 0.15) is 11.5 Å². The van der Waals surface area contributed by atoms with Crippen molar-refractivity contribution in [2.45, 2.75) is 24.8 Å². The molecule has 1 aliphatic rings. The molecular formula is C16H17N3O5S2. The molecule has 0 saturated carbocycles. The molecule has 1 aliphatic heterocycles. The van der Waals surface area contributed by atoms with E-state index in [9.17, 15) is 8.42 Å². The van der Waals surface area contributed by atoms with Crippen LogP contribution in [0.4, 0.5) is 0 Å². The summed E-state index contributed by atoms with van der Waals surface area (Å²) in [6, 6.07) is 5.68. The first kappa shape index (κ1) is 17.3. The summed E-state index contributed by atoms with van der Waals surface area (Å²) in [6.45, 7) is 3.74. The number of methoxy groups -OCH3 is 1. The van der Waals surface area contributed by atoms with Crippen molar-refractivity contribution < 1.29 is 22.4 Å². The summed E-state index contributed by atoms with van der Waals surface area (Å²) in [5.41, 5.74) is 1.11. The minimum atomic E-state index is -3.62. The largest absolute Gasteiger partial charge is 0.494 e. The van der Waals surface area contributed by atoms with E-state index in [2.05, 4.69) is 10.1 Å². The standard InChI is InChI=1S/C16H17N3O5S2/c1-9-15(10(2)24-18-9)26(20,21)19-7-11(8-19)23-16-17-14-12(22-3)5-4-6-13(14)25-16/h4-6,11H,7-8H2,1-3H3. The van der Waals surface area contributed by atoms with Crippen molar-refractivity contribution in [2.75, 3.05) is 20.2 Å². The highest BCUT2D eigenvalue weighted by molar-refractivity contribution is 7.89. The van der Waals surface area contributed by atoms with Crippen molar-refractivity contribution in [3.05, 3.63) is 29.7 Å². The summed E-state index contributed by atoms with van der Waals surface area (Å²) in [6.07, 6.45) is -0.239. The number of rotatable bonds is 5. The third kappa shape index (κ3) is 2.74. The molecule has 1 aromatic carbocycles. The summed E-state index contributed by atoms with van der Waals surface area (Å²) >= 11 is 1.41. The predicted octanol–water partition coefficient (Wildman–Crippen LogP) is 2.36. The van der Waals surface area contributed by atoms with Gasteiger partial charge in [0.25, 0.3) is 5.19 Å². The molecule has 3 aromatic rings. The van der Waals surface area contributed by atoms with E-state index in [1.165, 1.54) is 15.6 Å². The lowest BCUT2D eigenvalue weighted by atomic mass is 10.2. The molecule has 0 unspecified atom stereocenters. The fourth-order valence-corrected chi connectivity index (χ4v) is 5.60.